The summed E-state index contributed by atoms with van der Waals surface area (Å²) in [6, 6.07) is 1.60. The van der Waals surface area contributed by atoms with Crippen LogP contribution >= 0.6 is 0 Å². The Morgan fingerprint density at radius 1 is 1.65 bits per heavy atom. The number of rotatable bonds is 5. The summed E-state index contributed by atoms with van der Waals surface area (Å²) < 4.78 is 26.6. The van der Waals surface area contributed by atoms with Crippen molar-refractivity contribution in [1.29, 1.82) is 0 Å². The number of carboxylic acid groups (broad SMARTS) is 1. The van der Waals surface area contributed by atoms with Crippen LogP contribution in [0.25, 0.3) is 0 Å². The number of anilines is 1. The molecule has 0 aromatic carbocycles. The summed E-state index contributed by atoms with van der Waals surface area (Å²) in [4.78, 5) is 10.4. The van der Waals surface area contributed by atoms with E-state index in [0.29, 0.717) is 0 Å². The Morgan fingerprint density at radius 3 is 2.88 bits per heavy atom. The predicted molar refractivity (Wildman–Crippen MR) is 59.2 cm³/mol. The first kappa shape index (κ1) is 11.9. The molecule has 1 saturated heterocycles. The van der Waals surface area contributed by atoms with Crippen LogP contribution in [-0.4, -0.2) is 48.1 Å². The van der Waals surface area contributed by atoms with Gasteiger partial charge in [-0.2, -0.15) is 5.10 Å². The van der Waals surface area contributed by atoms with Crippen molar-refractivity contribution >= 4 is 21.8 Å². The van der Waals surface area contributed by atoms with E-state index in [1.807, 2.05) is 0 Å². The van der Waals surface area contributed by atoms with Crippen LogP contribution in [0.4, 0.5) is 5.82 Å². The number of hydrogen-bond acceptors (Lipinski definition) is 5. The molecule has 8 nitrogen and oxygen atoms in total. The molecule has 1 aromatic heterocycles. The highest BCUT2D eigenvalue weighted by Gasteiger charge is 2.24. The minimum atomic E-state index is -3.87. The standard InChI is InChI=1S/C8H12N4O4S/c13-8(14)5-17(15,16)11-7-1-2-10-12(7)6-3-9-4-6/h1-2,6,9,11H,3-5H2,(H,13,14). The lowest BCUT2D eigenvalue weighted by Gasteiger charge is -2.28. The highest BCUT2D eigenvalue weighted by molar-refractivity contribution is 7.93. The zero-order chi connectivity index (χ0) is 12.5. The van der Waals surface area contributed by atoms with Crippen LogP contribution in [0.15, 0.2) is 12.3 Å². The third kappa shape index (κ3) is 2.74. The topological polar surface area (TPSA) is 113 Å². The second-order valence-corrected chi connectivity index (χ2v) is 5.45. The first-order valence-electron chi connectivity index (χ1n) is 4.94. The van der Waals surface area contributed by atoms with E-state index in [1.165, 1.54) is 16.9 Å². The Labute approximate surface area is 97.7 Å². The first-order chi connectivity index (χ1) is 7.98. The van der Waals surface area contributed by atoms with Gasteiger partial charge in [0, 0.05) is 19.2 Å². The van der Waals surface area contributed by atoms with Crippen molar-refractivity contribution in [3.8, 4) is 0 Å². The molecule has 1 aliphatic rings. The fourth-order valence-electron chi connectivity index (χ4n) is 1.49. The Morgan fingerprint density at radius 2 is 2.35 bits per heavy atom. The van der Waals surface area contributed by atoms with Crippen molar-refractivity contribution in [3.05, 3.63) is 12.3 Å². The molecule has 2 heterocycles. The van der Waals surface area contributed by atoms with Gasteiger partial charge in [0.2, 0.25) is 10.0 Å². The Hall–Kier alpha value is -1.61. The quantitative estimate of drug-likeness (QED) is 0.616. The van der Waals surface area contributed by atoms with E-state index in [0.717, 1.165) is 13.1 Å². The van der Waals surface area contributed by atoms with Gasteiger partial charge in [-0.05, 0) is 0 Å². The zero-order valence-corrected chi connectivity index (χ0v) is 9.64. The normalized spacial score (nSPS) is 16.5. The van der Waals surface area contributed by atoms with E-state index >= 15 is 0 Å². The molecule has 17 heavy (non-hydrogen) atoms. The fraction of sp³-hybridized carbons (Fsp3) is 0.500. The molecule has 0 unspecified atom stereocenters. The number of nitrogens with one attached hydrogen (secondary N) is 2. The van der Waals surface area contributed by atoms with Crippen LogP contribution in [0.5, 0.6) is 0 Å². The molecule has 0 atom stereocenters. The summed E-state index contributed by atoms with van der Waals surface area (Å²) in [6.07, 6.45) is 1.47. The first-order valence-corrected chi connectivity index (χ1v) is 6.60. The van der Waals surface area contributed by atoms with Crippen LogP contribution in [0.3, 0.4) is 0 Å². The van der Waals surface area contributed by atoms with Crippen molar-refractivity contribution in [1.82, 2.24) is 15.1 Å². The van der Waals surface area contributed by atoms with Gasteiger partial charge in [-0.15, -0.1) is 0 Å². The summed E-state index contributed by atoms with van der Waals surface area (Å²) in [5.41, 5.74) is 0. The highest BCUT2D eigenvalue weighted by atomic mass is 32.2. The fourth-order valence-corrected chi connectivity index (χ4v) is 2.37. The van der Waals surface area contributed by atoms with Crippen molar-refractivity contribution in [3.63, 3.8) is 0 Å². The molecule has 3 N–H and O–H groups in total. The molecular formula is C8H12N4O4S. The molecule has 0 bridgehead atoms. The maximum absolute atomic E-state index is 11.4. The molecule has 94 valence electrons. The molecule has 0 saturated carbocycles. The van der Waals surface area contributed by atoms with Gasteiger partial charge in [0.1, 0.15) is 5.82 Å². The number of aliphatic carboxylic acids is 1. The van der Waals surface area contributed by atoms with Gasteiger partial charge in [0.05, 0.1) is 12.2 Å². The lowest BCUT2D eigenvalue weighted by Crippen LogP contribution is -2.44. The van der Waals surface area contributed by atoms with Gasteiger partial charge in [-0.25, -0.2) is 13.1 Å². The van der Waals surface area contributed by atoms with E-state index in [2.05, 4.69) is 15.1 Å². The van der Waals surface area contributed by atoms with Gasteiger partial charge < -0.3 is 10.4 Å². The summed E-state index contributed by atoms with van der Waals surface area (Å²) in [5, 5.41) is 15.5. The Kier molecular flexibility index (Phi) is 3.03. The number of aromatic nitrogens is 2. The van der Waals surface area contributed by atoms with Crippen LogP contribution in [0, 0.1) is 0 Å². The minimum absolute atomic E-state index is 0.104. The van der Waals surface area contributed by atoms with E-state index in [1.54, 1.807) is 0 Å². The van der Waals surface area contributed by atoms with E-state index in [4.69, 9.17) is 5.11 Å². The van der Waals surface area contributed by atoms with Gasteiger partial charge in [0.15, 0.2) is 5.75 Å². The van der Waals surface area contributed by atoms with Crippen molar-refractivity contribution in [2.75, 3.05) is 23.6 Å². The number of sulfonamides is 1. The maximum atomic E-state index is 11.4. The number of carbonyl (C=O) groups is 1. The summed E-state index contributed by atoms with van der Waals surface area (Å²) >= 11 is 0. The van der Waals surface area contributed by atoms with Crippen LogP contribution in [0.2, 0.25) is 0 Å². The van der Waals surface area contributed by atoms with Gasteiger partial charge in [-0.1, -0.05) is 0 Å². The van der Waals surface area contributed by atoms with Gasteiger partial charge >= 0.3 is 5.97 Å². The molecule has 0 aliphatic carbocycles. The molecule has 9 heteroatoms. The number of hydrogen-bond donors (Lipinski definition) is 3. The average molecular weight is 260 g/mol. The van der Waals surface area contributed by atoms with Gasteiger partial charge in [-0.3, -0.25) is 9.52 Å². The smallest absolute Gasteiger partial charge is 0.320 e. The molecular weight excluding hydrogens is 248 g/mol. The van der Waals surface area contributed by atoms with E-state index < -0.39 is 21.7 Å². The van der Waals surface area contributed by atoms with E-state index in [9.17, 15) is 13.2 Å². The molecule has 1 aliphatic heterocycles. The minimum Gasteiger partial charge on any atom is -0.480 e. The highest BCUT2D eigenvalue weighted by Crippen LogP contribution is 2.18. The molecule has 2 rings (SSSR count). The zero-order valence-electron chi connectivity index (χ0n) is 8.83. The van der Waals surface area contributed by atoms with E-state index in [-0.39, 0.29) is 11.9 Å². The largest absolute Gasteiger partial charge is 0.480 e. The van der Waals surface area contributed by atoms with Crippen LogP contribution in [-0.2, 0) is 14.8 Å². The number of nitrogens with zero attached hydrogens (tertiary/aromatic N) is 2. The second-order valence-electron chi connectivity index (χ2n) is 3.73. The molecule has 1 aromatic rings. The SMILES string of the molecule is O=C(O)CS(=O)(=O)Nc1ccnn1C1CNC1. The van der Waals surface area contributed by atoms with Crippen molar-refractivity contribution < 1.29 is 18.3 Å². The number of carboxylic acids is 1. The van der Waals surface area contributed by atoms with Crippen LogP contribution < -0.4 is 10.0 Å². The maximum Gasteiger partial charge on any atom is 0.320 e. The molecule has 0 radical (unpaired) electrons. The lowest BCUT2D eigenvalue weighted by molar-refractivity contribution is -0.134. The third-order valence-corrected chi connectivity index (χ3v) is 3.50. The van der Waals surface area contributed by atoms with Crippen LogP contribution in [0.1, 0.15) is 6.04 Å². The summed E-state index contributed by atoms with van der Waals surface area (Å²) in [5.74, 6) is -2.06. The lowest BCUT2D eigenvalue weighted by atomic mass is 10.2. The molecule has 1 fully saturated rings. The molecule has 0 amide bonds. The summed E-state index contributed by atoms with van der Waals surface area (Å²) in [6.45, 7) is 1.44. The van der Waals surface area contributed by atoms with Gasteiger partial charge in [0.25, 0.3) is 0 Å². The predicted octanol–water partition coefficient (Wildman–Crippen LogP) is -1.15. The monoisotopic (exact) mass is 260 g/mol. The average Bonchev–Trinajstić information content (AvgIpc) is 2.46. The van der Waals surface area contributed by atoms with Crippen molar-refractivity contribution in [2.45, 2.75) is 6.04 Å². The molecule has 0 spiro atoms. The summed E-state index contributed by atoms with van der Waals surface area (Å²) in [7, 11) is -3.87. The Balaban J connectivity index is 2.13. The second kappa shape index (κ2) is 4.34. The third-order valence-electron chi connectivity index (χ3n) is 2.35. The van der Waals surface area contributed by atoms with Crippen molar-refractivity contribution in [2.24, 2.45) is 0 Å². The Bertz CT molecular complexity index is 519.